The van der Waals surface area contributed by atoms with Crippen molar-refractivity contribution in [3.63, 3.8) is 0 Å². The Morgan fingerprint density at radius 1 is 1.05 bits per heavy atom. The monoisotopic (exact) mass is 266 g/mol. The molecule has 0 amide bonds. The van der Waals surface area contributed by atoms with Gasteiger partial charge in [0.2, 0.25) is 0 Å². The number of anilines is 2. The molecular weight excluding hydrogens is 244 g/mol. The third-order valence-corrected chi connectivity index (χ3v) is 4.28. The summed E-state index contributed by atoms with van der Waals surface area (Å²) in [6, 6.07) is 10.8. The molecule has 0 spiro atoms. The van der Waals surface area contributed by atoms with Gasteiger partial charge in [-0.15, -0.1) is 0 Å². The molecule has 0 aliphatic carbocycles. The Morgan fingerprint density at radius 3 is 2.45 bits per heavy atom. The van der Waals surface area contributed by atoms with E-state index in [1.165, 1.54) is 33.5 Å². The first-order valence-corrected chi connectivity index (χ1v) is 7.24. The summed E-state index contributed by atoms with van der Waals surface area (Å²) in [4.78, 5) is 2.47. The van der Waals surface area contributed by atoms with Crippen LogP contribution >= 0.6 is 0 Å². The summed E-state index contributed by atoms with van der Waals surface area (Å²) in [5.41, 5.74) is 15.1. The molecule has 1 aliphatic heterocycles. The fourth-order valence-corrected chi connectivity index (χ4v) is 3.30. The topological polar surface area (TPSA) is 29.3 Å². The van der Waals surface area contributed by atoms with E-state index in [2.05, 4.69) is 49.9 Å². The van der Waals surface area contributed by atoms with E-state index in [1.54, 1.807) is 0 Å². The predicted molar refractivity (Wildman–Crippen MR) is 86.3 cm³/mol. The van der Waals surface area contributed by atoms with Gasteiger partial charge in [0.05, 0.1) is 0 Å². The van der Waals surface area contributed by atoms with Crippen molar-refractivity contribution >= 4 is 11.4 Å². The maximum Gasteiger partial charge on any atom is 0.0434 e. The van der Waals surface area contributed by atoms with Gasteiger partial charge in [0.1, 0.15) is 0 Å². The molecule has 1 heterocycles. The smallest absolute Gasteiger partial charge is 0.0434 e. The highest BCUT2D eigenvalue weighted by atomic mass is 15.1. The molecule has 0 saturated heterocycles. The van der Waals surface area contributed by atoms with Crippen molar-refractivity contribution in [2.24, 2.45) is 0 Å². The van der Waals surface area contributed by atoms with Crippen LogP contribution in [0.1, 0.15) is 27.8 Å². The van der Waals surface area contributed by atoms with Gasteiger partial charge >= 0.3 is 0 Å². The van der Waals surface area contributed by atoms with E-state index in [9.17, 15) is 0 Å². The number of nitrogen functional groups attached to an aromatic ring is 1. The van der Waals surface area contributed by atoms with Gasteiger partial charge in [-0.05, 0) is 67.6 Å². The minimum Gasteiger partial charge on any atom is -0.399 e. The van der Waals surface area contributed by atoms with Crippen LogP contribution in [0.2, 0.25) is 0 Å². The highest BCUT2D eigenvalue weighted by Crippen LogP contribution is 2.32. The minimum atomic E-state index is 0.869. The lowest BCUT2D eigenvalue weighted by atomic mass is 9.99. The molecule has 2 nitrogen and oxygen atoms in total. The molecule has 20 heavy (non-hydrogen) atoms. The molecule has 0 bridgehead atoms. The summed E-state index contributed by atoms with van der Waals surface area (Å²) in [5.74, 6) is 0. The van der Waals surface area contributed by atoms with Crippen molar-refractivity contribution in [1.82, 2.24) is 0 Å². The minimum absolute atomic E-state index is 0.869. The Morgan fingerprint density at radius 2 is 1.75 bits per heavy atom. The van der Waals surface area contributed by atoms with E-state index in [0.29, 0.717) is 0 Å². The van der Waals surface area contributed by atoms with Gasteiger partial charge in [-0.25, -0.2) is 0 Å². The van der Waals surface area contributed by atoms with Crippen LogP contribution in [0, 0.1) is 20.8 Å². The van der Waals surface area contributed by atoms with Gasteiger partial charge in [-0.2, -0.15) is 0 Å². The molecule has 0 aromatic heterocycles. The van der Waals surface area contributed by atoms with Crippen LogP contribution < -0.4 is 10.6 Å². The van der Waals surface area contributed by atoms with Crippen molar-refractivity contribution < 1.29 is 0 Å². The lowest BCUT2D eigenvalue weighted by Crippen LogP contribution is -2.21. The van der Waals surface area contributed by atoms with Crippen LogP contribution in [0.15, 0.2) is 30.3 Å². The normalized spacial score (nSPS) is 13.7. The highest BCUT2D eigenvalue weighted by molar-refractivity contribution is 5.63. The summed E-state index contributed by atoms with van der Waals surface area (Å²) in [7, 11) is 0. The van der Waals surface area contributed by atoms with E-state index in [-0.39, 0.29) is 0 Å². The second kappa shape index (κ2) is 4.86. The molecule has 0 fully saturated rings. The summed E-state index contributed by atoms with van der Waals surface area (Å²) in [5, 5.41) is 0. The Labute approximate surface area is 121 Å². The van der Waals surface area contributed by atoms with Crippen molar-refractivity contribution in [3.05, 3.63) is 58.1 Å². The predicted octanol–water partition coefficient (Wildman–Crippen LogP) is 3.76. The highest BCUT2D eigenvalue weighted by Gasteiger charge is 2.20. The molecule has 0 radical (unpaired) electrons. The first-order chi connectivity index (χ1) is 9.54. The molecule has 2 heteroatoms. The number of hydrogen-bond acceptors (Lipinski definition) is 2. The Bertz CT molecular complexity index is 635. The van der Waals surface area contributed by atoms with Gasteiger partial charge in [0.15, 0.2) is 0 Å². The Hall–Kier alpha value is -1.96. The summed E-state index contributed by atoms with van der Waals surface area (Å²) in [6.07, 6.45) is 1.10. The van der Waals surface area contributed by atoms with Crippen LogP contribution in [0.25, 0.3) is 0 Å². The van der Waals surface area contributed by atoms with E-state index in [0.717, 1.165) is 25.2 Å². The van der Waals surface area contributed by atoms with E-state index >= 15 is 0 Å². The van der Waals surface area contributed by atoms with Gasteiger partial charge < -0.3 is 10.6 Å². The first kappa shape index (κ1) is 13.0. The molecule has 0 atom stereocenters. The average molecular weight is 266 g/mol. The Balaban J connectivity index is 1.91. The summed E-state index contributed by atoms with van der Waals surface area (Å²) < 4.78 is 0. The lowest BCUT2D eigenvalue weighted by Gasteiger charge is -2.22. The van der Waals surface area contributed by atoms with E-state index in [4.69, 9.17) is 5.73 Å². The van der Waals surface area contributed by atoms with Crippen molar-refractivity contribution in [3.8, 4) is 0 Å². The number of nitrogens with zero attached hydrogens (tertiary/aromatic N) is 1. The van der Waals surface area contributed by atoms with E-state index in [1.807, 2.05) is 6.07 Å². The molecule has 0 unspecified atom stereocenters. The molecule has 2 aromatic rings. The summed E-state index contributed by atoms with van der Waals surface area (Å²) >= 11 is 0. The Kier molecular flexibility index (Phi) is 3.17. The van der Waals surface area contributed by atoms with Crippen LogP contribution in [0.3, 0.4) is 0 Å². The first-order valence-electron chi connectivity index (χ1n) is 7.24. The number of fused-ring (bicyclic) bond motifs is 1. The molecule has 0 saturated carbocycles. The largest absolute Gasteiger partial charge is 0.399 e. The molecule has 2 N–H and O–H groups in total. The zero-order valence-corrected chi connectivity index (χ0v) is 12.5. The second-order valence-electron chi connectivity index (χ2n) is 5.94. The number of benzene rings is 2. The van der Waals surface area contributed by atoms with Crippen LogP contribution in [0.5, 0.6) is 0 Å². The quantitative estimate of drug-likeness (QED) is 0.839. The van der Waals surface area contributed by atoms with Gasteiger partial charge in [-0.3, -0.25) is 0 Å². The molecule has 3 rings (SSSR count). The SMILES string of the molecule is Cc1cc(C)c(CN2CCc3cc(N)ccc32)c(C)c1. The van der Waals surface area contributed by atoms with Gasteiger partial charge in [-0.1, -0.05) is 17.7 Å². The fourth-order valence-electron chi connectivity index (χ4n) is 3.30. The third kappa shape index (κ3) is 2.26. The van der Waals surface area contributed by atoms with Crippen molar-refractivity contribution in [2.45, 2.75) is 33.7 Å². The standard InChI is InChI=1S/C18H22N2/c1-12-8-13(2)17(14(3)9-12)11-20-7-6-15-10-16(19)4-5-18(15)20/h4-5,8-10H,6-7,11,19H2,1-3H3. The maximum absolute atomic E-state index is 5.88. The van der Waals surface area contributed by atoms with Crippen LogP contribution in [0.4, 0.5) is 11.4 Å². The van der Waals surface area contributed by atoms with Crippen LogP contribution in [-0.4, -0.2) is 6.54 Å². The van der Waals surface area contributed by atoms with Gasteiger partial charge in [0.25, 0.3) is 0 Å². The molecule has 1 aliphatic rings. The molecule has 2 aromatic carbocycles. The molecule has 104 valence electrons. The van der Waals surface area contributed by atoms with Crippen molar-refractivity contribution in [1.29, 1.82) is 0 Å². The molecular formula is C18H22N2. The van der Waals surface area contributed by atoms with Crippen molar-refractivity contribution in [2.75, 3.05) is 17.2 Å². The zero-order chi connectivity index (χ0) is 14.3. The lowest BCUT2D eigenvalue weighted by molar-refractivity contribution is 0.826. The van der Waals surface area contributed by atoms with Crippen LogP contribution in [-0.2, 0) is 13.0 Å². The van der Waals surface area contributed by atoms with Gasteiger partial charge in [0, 0.05) is 24.5 Å². The van der Waals surface area contributed by atoms with E-state index < -0.39 is 0 Å². The summed E-state index contributed by atoms with van der Waals surface area (Å²) in [6.45, 7) is 8.68. The maximum atomic E-state index is 5.88. The number of aryl methyl sites for hydroxylation is 3. The zero-order valence-electron chi connectivity index (χ0n) is 12.5. The number of rotatable bonds is 2. The second-order valence-corrected chi connectivity index (χ2v) is 5.94. The average Bonchev–Trinajstić information content (AvgIpc) is 2.76. The fraction of sp³-hybridized carbons (Fsp3) is 0.333. The number of nitrogens with two attached hydrogens (primary N) is 1. The number of hydrogen-bond donors (Lipinski definition) is 1. The third-order valence-electron chi connectivity index (χ3n) is 4.28.